The summed E-state index contributed by atoms with van der Waals surface area (Å²) in [5, 5.41) is 0.0463. The number of halogens is 5. The predicted octanol–water partition coefficient (Wildman–Crippen LogP) is 9.80. The lowest BCUT2D eigenvalue weighted by molar-refractivity contribution is -0.139. The van der Waals surface area contributed by atoms with Crippen molar-refractivity contribution in [2.75, 3.05) is 0 Å². The van der Waals surface area contributed by atoms with Gasteiger partial charge in [0.15, 0.2) is 0 Å². The maximum Gasteiger partial charge on any atom is 0.419 e. The summed E-state index contributed by atoms with van der Waals surface area (Å²) in [6.07, 6.45) is 10.1. The smallest absolute Gasteiger partial charge is 0.206 e. The minimum atomic E-state index is -4.84. The van der Waals surface area contributed by atoms with Crippen LogP contribution in [0.4, 0.5) is 22.0 Å². The minimum absolute atomic E-state index is 0.166. The van der Waals surface area contributed by atoms with Crippen molar-refractivity contribution in [3.63, 3.8) is 0 Å². The number of fused-ring (bicyclic) bond motifs is 2. The van der Waals surface area contributed by atoms with Gasteiger partial charge >= 0.3 is 6.18 Å². The summed E-state index contributed by atoms with van der Waals surface area (Å²) in [5.41, 5.74) is -0.611. The topological polar surface area (TPSA) is 0 Å². The normalized spacial score (nSPS) is 25.9. The van der Waals surface area contributed by atoms with Gasteiger partial charge in [0.1, 0.15) is 11.6 Å². The maximum atomic E-state index is 14.8. The lowest BCUT2D eigenvalue weighted by Gasteiger charge is -2.42. The van der Waals surface area contributed by atoms with Gasteiger partial charge in [-0.25, -0.2) is 8.78 Å². The molecule has 2 aliphatic carbocycles. The van der Waals surface area contributed by atoms with Crippen molar-refractivity contribution in [3.05, 3.63) is 47.0 Å². The van der Waals surface area contributed by atoms with Crippen LogP contribution in [0.2, 0.25) is 0 Å². The van der Waals surface area contributed by atoms with E-state index in [1.807, 2.05) is 0 Å². The first-order chi connectivity index (χ1) is 15.8. The van der Waals surface area contributed by atoms with E-state index in [1.54, 1.807) is 6.07 Å². The molecule has 2 aromatic rings. The molecule has 0 radical (unpaired) electrons. The van der Waals surface area contributed by atoms with Crippen molar-refractivity contribution in [2.24, 2.45) is 17.8 Å². The molecule has 2 fully saturated rings. The number of benzene rings is 2. The molecular formula is C28H35F5. The van der Waals surface area contributed by atoms with Crippen molar-refractivity contribution in [2.45, 2.75) is 96.1 Å². The summed E-state index contributed by atoms with van der Waals surface area (Å²) < 4.78 is 67.9. The quantitative estimate of drug-likeness (QED) is 0.281. The summed E-state index contributed by atoms with van der Waals surface area (Å²) in [6, 6.07) is 4.52. The lowest BCUT2D eigenvalue weighted by atomic mass is 9.63. The van der Waals surface area contributed by atoms with E-state index in [4.69, 9.17) is 0 Å². The Hall–Kier alpha value is -1.65. The molecular weight excluding hydrogens is 431 g/mol. The highest BCUT2D eigenvalue weighted by atomic mass is 19.4. The fraction of sp³-hybridized carbons (Fsp3) is 0.643. The van der Waals surface area contributed by atoms with E-state index < -0.39 is 23.4 Å². The number of hydrogen-bond donors (Lipinski definition) is 0. The Morgan fingerprint density at radius 1 is 0.788 bits per heavy atom. The molecule has 2 aromatic carbocycles. The second-order valence-corrected chi connectivity index (χ2v) is 10.5. The fourth-order valence-electron chi connectivity index (χ4n) is 6.40. The Morgan fingerprint density at radius 3 is 2.27 bits per heavy atom. The molecule has 4 unspecified atom stereocenters. The second-order valence-electron chi connectivity index (χ2n) is 10.5. The van der Waals surface area contributed by atoms with E-state index in [9.17, 15) is 22.0 Å². The number of unbranched alkanes of at least 4 members (excludes halogenated alkanes) is 4. The lowest BCUT2D eigenvalue weighted by Crippen LogP contribution is -2.30. The third-order valence-corrected chi connectivity index (χ3v) is 8.23. The molecule has 5 heteroatoms. The van der Waals surface area contributed by atoms with Crippen LogP contribution in [0, 0.1) is 29.4 Å². The molecule has 0 bridgehead atoms. The van der Waals surface area contributed by atoms with Crippen molar-refractivity contribution in [1.29, 1.82) is 0 Å². The van der Waals surface area contributed by atoms with Crippen LogP contribution >= 0.6 is 0 Å². The summed E-state index contributed by atoms with van der Waals surface area (Å²) in [4.78, 5) is 0. The fourth-order valence-corrected chi connectivity index (χ4v) is 6.40. The van der Waals surface area contributed by atoms with Crippen LogP contribution < -0.4 is 0 Å². The van der Waals surface area contributed by atoms with E-state index in [0.717, 1.165) is 42.7 Å². The zero-order valence-electron chi connectivity index (χ0n) is 19.5. The number of hydrogen-bond acceptors (Lipinski definition) is 0. The van der Waals surface area contributed by atoms with Gasteiger partial charge in [0.2, 0.25) is 0 Å². The van der Waals surface area contributed by atoms with Gasteiger partial charge in [0.05, 0.1) is 5.56 Å². The first-order valence-electron chi connectivity index (χ1n) is 12.8. The van der Waals surface area contributed by atoms with Crippen LogP contribution in [0.15, 0.2) is 24.3 Å². The first kappa shape index (κ1) is 24.5. The van der Waals surface area contributed by atoms with Gasteiger partial charge in [-0.1, -0.05) is 57.9 Å². The van der Waals surface area contributed by atoms with Gasteiger partial charge in [0.25, 0.3) is 0 Å². The first-order valence-corrected chi connectivity index (χ1v) is 12.8. The minimum Gasteiger partial charge on any atom is -0.206 e. The largest absolute Gasteiger partial charge is 0.419 e. The zero-order valence-corrected chi connectivity index (χ0v) is 19.5. The molecule has 4 rings (SSSR count). The summed E-state index contributed by atoms with van der Waals surface area (Å²) in [7, 11) is 0. The van der Waals surface area contributed by atoms with Gasteiger partial charge < -0.3 is 0 Å². The summed E-state index contributed by atoms with van der Waals surface area (Å²) in [5.74, 6) is 0.385. The summed E-state index contributed by atoms with van der Waals surface area (Å²) in [6.45, 7) is 2.24. The van der Waals surface area contributed by atoms with Crippen LogP contribution in [0.25, 0.3) is 10.8 Å². The molecule has 4 atom stereocenters. The molecule has 182 valence electrons. The molecule has 2 saturated carbocycles. The monoisotopic (exact) mass is 466 g/mol. The van der Waals surface area contributed by atoms with Crippen molar-refractivity contribution < 1.29 is 22.0 Å². The van der Waals surface area contributed by atoms with E-state index in [0.29, 0.717) is 12.0 Å². The van der Waals surface area contributed by atoms with Crippen LogP contribution in [0.5, 0.6) is 0 Å². The third-order valence-electron chi connectivity index (χ3n) is 8.23. The molecule has 2 aliphatic rings. The molecule has 0 saturated heterocycles. The SMILES string of the molecule is CCCCCCCC1CCC2CC(c3cc(F)c4cc(C(F)(F)F)c(F)cc4c3)CCC2C1. The molecule has 0 nitrogen and oxygen atoms in total. The predicted molar refractivity (Wildman–Crippen MR) is 123 cm³/mol. The molecule has 0 amide bonds. The average molecular weight is 467 g/mol. The van der Waals surface area contributed by atoms with Crippen LogP contribution in [-0.2, 0) is 6.18 Å². The standard InChI is InChI=1S/C28H35F5/c1-2-3-4-5-6-7-18-8-9-20-13-21(11-10-19(20)12-18)22-14-23-16-27(30)25(28(31,32)33)17-24(23)26(29)15-22/h14-21H,2-13H2,1H3. The van der Waals surface area contributed by atoms with Crippen LogP contribution in [0.1, 0.15) is 101 Å². The van der Waals surface area contributed by atoms with Crippen molar-refractivity contribution in [1.82, 2.24) is 0 Å². The van der Waals surface area contributed by atoms with Crippen LogP contribution in [-0.4, -0.2) is 0 Å². The van der Waals surface area contributed by atoms with E-state index in [-0.39, 0.29) is 16.7 Å². The molecule has 0 N–H and O–H groups in total. The molecule has 0 spiro atoms. The third kappa shape index (κ3) is 5.71. The average Bonchev–Trinajstić information content (AvgIpc) is 2.77. The zero-order chi connectivity index (χ0) is 23.6. The Balaban J connectivity index is 1.41. The molecule has 33 heavy (non-hydrogen) atoms. The Labute approximate surface area is 193 Å². The van der Waals surface area contributed by atoms with Gasteiger partial charge in [-0.05, 0) is 84.9 Å². The van der Waals surface area contributed by atoms with E-state index in [2.05, 4.69) is 6.92 Å². The van der Waals surface area contributed by atoms with Crippen molar-refractivity contribution >= 4 is 10.8 Å². The Morgan fingerprint density at radius 2 is 1.52 bits per heavy atom. The van der Waals surface area contributed by atoms with E-state index >= 15 is 0 Å². The van der Waals surface area contributed by atoms with Gasteiger partial charge in [-0.2, -0.15) is 13.2 Å². The highest BCUT2D eigenvalue weighted by Gasteiger charge is 2.37. The van der Waals surface area contributed by atoms with Gasteiger partial charge in [-0.15, -0.1) is 0 Å². The summed E-state index contributed by atoms with van der Waals surface area (Å²) >= 11 is 0. The van der Waals surface area contributed by atoms with Gasteiger partial charge in [-0.3, -0.25) is 0 Å². The van der Waals surface area contributed by atoms with Gasteiger partial charge in [0, 0.05) is 5.39 Å². The number of rotatable bonds is 7. The second kappa shape index (κ2) is 10.3. The molecule has 0 aromatic heterocycles. The number of alkyl halides is 3. The van der Waals surface area contributed by atoms with E-state index in [1.165, 1.54) is 63.9 Å². The Kier molecular flexibility index (Phi) is 7.65. The highest BCUT2D eigenvalue weighted by molar-refractivity contribution is 5.85. The van der Waals surface area contributed by atoms with Crippen LogP contribution in [0.3, 0.4) is 0 Å². The Bertz CT molecular complexity index is 947. The maximum absolute atomic E-state index is 14.8. The van der Waals surface area contributed by atoms with Crippen molar-refractivity contribution in [3.8, 4) is 0 Å². The molecule has 0 heterocycles. The molecule has 0 aliphatic heterocycles. The highest BCUT2D eigenvalue weighted by Crippen LogP contribution is 2.49.